The summed E-state index contributed by atoms with van der Waals surface area (Å²) in [6.07, 6.45) is 0.380. The summed E-state index contributed by atoms with van der Waals surface area (Å²) >= 11 is 5.96. The Labute approximate surface area is 157 Å². The van der Waals surface area contributed by atoms with Crippen molar-refractivity contribution in [1.29, 1.82) is 0 Å². The van der Waals surface area contributed by atoms with Gasteiger partial charge in [0.05, 0.1) is 19.5 Å². The number of carbonyl (C=O) groups excluding carboxylic acids is 1. The molecule has 0 aliphatic carbocycles. The van der Waals surface area contributed by atoms with Gasteiger partial charge >= 0.3 is 0 Å². The molecule has 1 aromatic heterocycles. The molecule has 1 amide bonds. The van der Waals surface area contributed by atoms with Crippen LogP contribution in [-0.4, -0.2) is 52.0 Å². The molecule has 7 nitrogen and oxygen atoms in total. The summed E-state index contributed by atoms with van der Waals surface area (Å²) in [5.74, 6) is 1.20. The number of carbonyl (C=O) groups is 1. The minimum Gasteiger partial charge on any atom is -0.340 e. The van der Waals surface area contributed by atoms with Crippen molar-refractivity contribution in [3.8, 4) is 0 Å². The number of amides is 1. The predicted octanol–water partition coefficient (Wildman–Crippen LogP) is 1.49. The van der Waals surface area contributed by atoms with Gasteiger partial charge in [-0.3, -0.25) is 9.69 Å². The third-order valence-corrected chi connectivity index (χ3v) is 4.25. The lowest BCUT2D eigenvalue weighted by molar-refractivity contribution is -0.132. The highest BCUT2D eigenvalue weighted by Crippen LogP contribution is 2.13. The molecule has 1 aromatic carbocycles. The monoisotopic (exact) mass is 385 g/mol. The quantitative estimate of drug-likeness (QED) is 0.838. The van der Waals surface area contributed by atoms with E-state index in [1.54, 1.807) is 0 Å². The minimum atomic E-state index is 0. The topological polar surface area (TPSA) is 88.5 Å². The van der Waals surface area contributed by atoms with Gasteiger partial charge in [-0.1, -0.05) is 28.9 Å². The number of halogens is 2. The van der Waals surface area contributed by atoms with Crippen LogP contribution in [0, 0.1) is 0 Å². The van der Waals surface area contributed by atoms with Gasteiger partial charge in [0.2, 0.25) is 11.8 Å². The Morgan fingerprint density at radius 3 is 2.68 bits per heavy atom. The first-order valence-electron chi connectivity index (χ1n) is 7.90. The second-order valence-corrected chi connectivity index (χ2v) is 6.21. The molecule has 3 rings (SSSR count). The van der Waals surface area contributed by atoms with Gasteiger partial charge in [-0.05, 0) is 17.7 Å². The van der Waals surface area contributed by atoms with Gasteiger partial charge in [-0.15, -0.1) is 12.4 Å². The molecule has 9 heteroatoms. The van der Waals surface area contributed by atoms with E-state index in [9.17, 15) is 4.79 Å². The molecule has 1 saturated heterocycles. The van der Waals surface area contributed by atoms with Crippen molar-refractivity contribution in [3.63, 3.8) is 0 Å². The SMILES string of the molecule is Cl.NCc1nc(CN2CCN(C(=O)Cc3cccc(Cl)c3)CC2)no1. The smallest absolute Gasteiger partial charge is 0.240 e. The van der Waals surface area contributed by atoms with Gasteiger partial charge in [0.1, 0.15) is 0 Å². The minimum absolute atomic E-state index is 0. The molecule has 0 saturated carbocycles. The van der Waals surface area contributed by atoms with Crippen molar-refractivity contribution >= 4 is 29.9 Å². The molecule has 2 aromatic rings. The van der Waals surface area contributed by atoms with Crippen LogP contribution in [0.25, 0.3) is 0 Å². The maximum atomic E-state index is 12.4. The number of benzene rings is 1. The second-order valence-electron chi connectivity index (χ2n) is 5.77. The fourth-order valence-electron chi connectivity index (χ4n) is 2.73. The number of rotatable bonds is 5. The van der Waals surface area contributed by atoms with Gasteiger partial charge in [-0.2, -0.15) is 4.98 Å². The summed E-state index contributed by atoms with van der Waals surface area (Å²) in [6.45, 7) is 3.82. The molecule has 0 unspecified atom stereocenters. The van der Waals surface area contributed by atoms with E-state index in [4.69, 9.17) is 21.9 Å². The van der Waals surface area contributed by atoms with Crippen molar-refractivity contribution in [2.75, 3.05) is 26.2 Å². The van der Waals surface area contributed by atoms with E-state index in [1.165, 1.54) is 0 Å². The van der Waals surface area contributed by atoms with Crippen LogP contribution in [0.5, 0.6) is 0 Å². The average molecular weight is 386 g/mol. The zero-order valence-corrected chi connectivity index (χ0v) is 15.3. The van der Waals surface area contributed by atoms with Crippen LogP contribution in [0.2, 0.25) is 5.02 Å². The molecule has 1 aliphatic heterocycles. The number of piperazine rings is 1. The molecule has 0 bridgehead atoms. The zero-order valence-electron chi connectivity index (χ0n) is 13.7. The Hall–Kier alpha value is -1.67. The van der Waals surface area contributed by atoms with E-state index in [0.29, 0.717) is 42.8 Å². The first kappa shape index (κ1) is 19.7. The van der Waals surface area contributed by atoms with E-state index >= 15 is 0 Å². The Balaban J connectivity index is 0.00000225. The number of hydrogen-bond acceptors (Lipinski definition) is 6. The van der Waals surface area contributed by atoms with Crippen molar-refractivity contribution < 1.29 is 9.32 Å². The number of nitrogens with two attached hydrogens (primary N) is 1. The third-order valence-electron chi connectivity index (χ3n) is 4.02. The van der Waals surface area contributed by atoms with Gasteiger partial charge < -0.3 is 15.2 Å². The number of hydrogen-bond donors (Lipinski definition) is 1. The van der Waals surface area contributed by atoms with Gasteiger partial charge in [0.25, 0.3) is 0 Å². The zero-order chi connectivity index (χ0) is 16.9. The molecule has 136 valence electrons. The lowest BCUT2D eigenvalue weighted by Crippen LogP contribution is -2.48. The fourth-order valence-corrected chi connectivity index (χ4v) is 2.94. The fraction of sp³-hybridized carbons (Fsp3) is 0.438. The molecule has 2 heterocycles. The average Bonchev–Trinajstić information content (AvgIpc) is 3.03. The maximum absolute atomic E-state index is 12.4. The van der Waals surface area contributed by atoms with E-state index in [0.717, 1.165) is 18.7 Å². The summed E-state index contributed by atoms with van der Waals surface area (Å²) in [7, 11) is 0. The van der Waals surface area contributed by atoms with Crippen molar-refractivity contribution in [2.45, 2.75) is 19.5 Å². The van der Waals surface area contributed by atoms with Gasteiger partial charge in [-0.25, -0.2) is 0 Å². The highest BCUT2D eigenvalue weighted by Gasteiger charge is 2.22. The van der Waals surface area contributed by atoms with Crippen LogP contribution >= 0.6 is 24.0 Å². The van der Waals surface area contributed by atoms with Crippen LogP contribution in [0.15, 0.2) is 28.8 Å². The van der Waals surface area contributed by atoms with E-state index in [1.807, 2.05) is 29.2 Å². The predicted molar refractivity (Wildman–Crippen MR) is 96.5 cm³/mol. The maximum Gasteiger partial charge on any atom is 0.240 e. The first-order chi connectivity index (χ1) is 11.6. The van der Waals surface area contributed by atoms with E-state index in [2.05, 4.69) is 15.0 Å². The molecule has 0 atom stereocenters. The lowest BCUT2D eigenvalue weighted by atomic mass is 10.1. The molecule has 0 radical (unpaired) electrons. The standard InChI is InChI=1S/C16H20ClN5O2.ClH/c17-13-3-1-2-12(8-13)9-16(23)22-6-4-21(5-7-22)11-14-19-15(10-18)24-20-14;/h1-3,8H,4-7,9-11,18H2;1H. The van der Waals surface area contributed by atoms with Gasteiger partial charge in [0.15, 0.2) is 5.82 Å². The lowest BCUT2D eigenvalue weighted by Gasteiger charge is -2.34. The van der Waals surface area contributed by atoms with Crippen LogP contribution in [0.1, 0.15) is 17.3 Å². The van der Waals surface area contributed by atoms with Gasteiger partial charge in [0, 0.05) is 31.2 Å². The van der Waals surface area contributed by atoms with Crippen LogP contribution < -0.4 is 5.73 Å². The molecule has 1 fully saturated rings. The van der Waals surface area contributed by atoms with Crippen molar-refractivity contribution in [3.05, 3.63) is 46.6 Å². The number of nitrogens with zero attached hydrogens (tertiary/aromatic N) is 4. The van der Waals surface area contributed by atoms with Crippen molar-refractivity contribution in [1.82, 2.24) is 19.9 Å². The summed E-state index contributed by atoms with van der Waals surface area (Å²) in [5, 5.41) is 4.55. The summed E-state index contributed by atoms with van der Waals surface area (Å²) in [4.78, 5) is 20.7. The van der Waals surface area contributed by atoms with Crippen LogP contribution in [0.3, 0.4) is 0 Å². The molecule has 0 spiro atoms. The molecule has 1 aliphatic rings. The van der Waals surface area contributed by atoms with E-state index < -0.39 is 0 Å². The Kier molecular flexibility index (Phi) is 7.19. The molecular formula is C16H21Cl2N5O2. The molecule has 2 N–H and O–H groups in total. The van der Waals surface area contributed by atoms with Crippen LogP contribution in [0.4, 0.5) is 0 Å². The number of aromatic nitrogens is 2. The first-order valence-corrected chi connectivity index (χ1v) is 8.28. The summed E-state index contributed by atoms with van der Waals surface area (Å²) in [5.41, 5.74) is 6.40. The Morgan fingerprint density at radius 2 is 2.04 bits per heavy atom. The highest BCUT2D eigenvalue weighted by atomic mass is 35.5. The Morgan fingerprint density at radius 1 is 1.28 bits per heavy atom. The summed E-state index contributed by atoms with van der Waals surface area (Å²) < 4.78 is 5.00. The van der Waals surface area contributed by atoms with E-state index in [-0.39, 0.29) is 24.9 Å². The summed E-state index contributed by atoms with van der Waals surface area (Å²) in [6, 6.07) is 7.43. The normalized spacial score (nSPS) is 15.0. The Bertz CT molecular complexity index is 701. The molecule has 25 heavy (non-hydrogen) atoms. The largest absolute Gasteiger partial charge is 0.340 e. The van der Waals surface area contributed by atoms with Crippen molar-refractivity contribution in [2.24, 2.45) is 5.73 Å². The van der Waals surface area contributed by atoms with Crippen LogP contribution in [-0.2, 0) is 24.3 Å². The molecular weight excluding hydrogens is 365 g/mol. The highest BCUT2D eigenvalue weighted by molar-refractivity contribution is 6.30. The second kappa shape index (κ2) is 9.15. The third kappa shape index (κ3) is 5.40.